The molecule has 1 saturated heterocycles. The van der Waals surface area contributed by atoms with Gasteiger partial charge in [0.2, 0.25) is 0 Å². The topological polar surface area (TPSA) is 99.0 Å². The van der Waals surface area contributed by atoms with E-state index in [0.717, 1.165) is 11.2 Å². The summed E-state index contributed by atoms with van der Waals surface area (Å²) in [5.41, 5.74) is 2.37. The van der Waals surface area contributed by atoms with Crippen LogP contribution in [-0.2, 0) is 4.74 Å². The fraction of sp³-hybridized carbons (Fsp3) is 0.278. The van der Waals surface area contributed by atoms with E-state index in [1.807, 2.05) is 6.92 Å². The summed E-state index contributed by atoms with van der Waals surface area (Å²) < 4.78 is 6.88. The Morgan fingerprint density at radius 3 is 2.81 bits per heavy atom. The van der Waals surface area contributed by atoms with Gasteiger partial charge < -0.3 is 10.1 Å². The first-order valence-electron chi connectivity index (χ1n) is 8.28. The number of aryl methyl sites for hydroxylation is 1. The molecule has 0 bridgehead atoms. The summed E-state index contributed by atoms with van der Waals surface area (Å²) in [6.07, 6.45) is 3.19. The maximum atomic E-state index is 12.7. The van der Waals surface area contributed by atoms with E-state index in [2.05, 4.69) is 20.4 Å². The number of carbonyl (C=O) groups excluding carboxylic acids is 1. The Labute approximate surface area is 148 Å². The van der Waals surface area contributed by atoms with Crippen LogP contribution in [0.3, 0.4) is 0 Å². The van der Waals surface area contributed by atoms with Gasteiger partial charge >= 0.3 is 0 Å². The average Bonchev–Trinajstić information content (AvgIpc) is 3.11. The van der Waals surface area contributed by atoms with Gasteiger partial charge in [-0.2, -0.15) is 5.10 Å². The van der Waals surface area contributed by atoms with E-state index in [0.29, 0.717) is 24.3 Å². The van der Waals surface area contributed by atoms with Crippen molar-refractivity contribution in [2.45, 2.75) is 19.0 Å². The first-order chi connectivity index (χ1) is 12.6. The lowest BCUT2D eigenvalue weighted by Gasteiger charge is -2.20. The maximum absolute atomic E-state index is 12.7. The van der Waals surface area contributed by atoms with Crippen LogP contribution >= 0.6 is 0 Å². The van der Waals surface area contributed by atoms with Crippen molar-refractivity contribution in [1.82, 2.24) is 25.1 Å². The Morgan fingerprint density at radius 2 is 1.96 bits per heavy atom. The Balaban J connectivity index is 1.57. The number of benzene rings is 1. The molecule has 1 N–H and O–H groups in total. The molecule has 132 valence electrons. The van der Waals surface area contributed by atoms with Crippen LogP contribution in [0.25, 0.3) is 11.0 Å². The van der Waals surface area contributed by atoms with Crippen LogP contribution < -0.4 is 10.9 Å². The first kappa shape index (κ1) is 16.3. The summed E-state index contributed by atoms with van der Waals surface area (Å²) in [5.74, 6) is -0.251. The Morgan fingerprint density at radius 1 is 1.15 bits per heavy atom. The number of hydrogen-bond donors (Lipinski definition) is 1. The van der Waals surface area contributed by atoms with Gasteiger partial charge in [0.25, 0.3) is 11.5 Å². The van der Waals surface area contributed by atoms with E-state index in [9.17, 15) is 9.59 Å². The average molecular weight is 351 g/mol. The molecule has 8 heteroatoms. The predicted octanol–water partition coefficient (Wildman–Crippen LogP) is 0.865. The molecule has 1 amide bonds. The highest BCUT2D eigenvalue weighted by molar-refractivity contribution is 5.97. The fourth-order valence-corrected chi connectivity index (χ4v) is 3.04. The third kappa shape index (κ3) is 3.06. The van der Waals surface area contributed by atoms with Crippen LogP contribution in [-0.4, -0.2) is 44.9 Å². The number of carbonyl (C=O) groups is 1. The van der Waals surface area contributed by atoms with Crippen LogP contribution in [0.15, 0.2) is 47.5 Å². The molecule has 2 atom stereocenters. The van der Waals surface area contributed by atoms with Gasteiger partial charge in [-0.25, -0.2) is 4.68 Å². The summed E-state index contributed by atoms with van der Waals surface area (Å²) in [4.78, 5) is 33.2. The standard InChI is InChI=1S/C18H17N5O3/c1-11-2-5-17(24)23(22-11)16-10-26-9-15(16)21-18(25)12-3-4-13-14(8-12)20-7-6-19-13/h2-8,15-16H,9-10H2,1H3,(H,21,25). The van der Waals surface area contributed by atoms with Crippen molar-refractivity contribution in [3.8, 4) is 0 Å². The number of rotatable bonds is 3. The number of hydrogen-bond acceptors (Lipinski definition) is 6. The molecule has 4 rings (SSSR count). The molecule has 2 unspecified atom stereocenters. The first-order valence-corrected chi connectivity index (χ1v) is 8.28. The van der Waals surface area contributed by atoms with E-state index in [4.69, 9.17) is 4.74 Å². The molecule has 3 aromatic rings. The number of nitrogens with zero attached hydrogens (tertiary/aromatic N) is 4. The zero-order chi connectivity index (χ0) is 18.1. The van der Waals surface area contributed by atoms with Crippen molar-refractivity contribution < 1.29 is 9.53 Å². The monoisotopic (exact) mass is 351 g/mol. The summed E-state index contributed by atoms with van der Waals surface area (Å²) >= 11 is 0. The maximum Gasteiger partial charge on any atom is 0.267 e. The minimum absolute atomic E-state index is 0.216. The summed E-state index contributed by atoms with van der Waals surface area (Å²) in [6, 6.07) is 7.61. The number of ether oxygens (including phenoxy) is 1. The summed E-state index contributed by atoms with van der Waals surface area (Å²) in [7, 11) is 0. The molecule has 2 aromatic heterocycles. The third-order valence-corrected chi connectivity index (χ3v) is 4.37. The number of amides is 1. The lowest BCUT2D eigenvalue weighted by molar-refractivity contribution is 0.0924. The highest BCUT2D eigenvalue weighted by atomic mass is 16.5. The predicted molar refractivity (Wildman–Crippen MR) is 93.9 cm³/mol. The van der Waals surface area contributed by atoms with E-state index in [1.54, 1.807) is 36.7 Å². The van der Waals surface area contributed by atoms with E-state index < -0.39 is 0 Å². The second-order valence-electron chi connectivity index (χ2n) is 6.20. The van der Waals surface area contributed by atoms with Crippen molar-refractivity contribution in [3.63, 3.8) is 0 Å². The second-order valence-corrected chi connectivity index (χ2v) is 6.20. The molecule has 0 radical (unpaired) electrons. The number of aromatic nitrogens is 4. The minimum atomic E-state index is -0.341. The molecule has 26 heavy (non-hydrogen) atoms. The zero-order valence-corrected chi connectivity index (χ0v) is 14.1. The molecule has 0 saturated carbocycles. The smallest absolute Gasteiger partial charge is 0.267 e. The van der Waals surface area contributed by atoms with Crippen molar-refractivity contribution in [1.29, 1.82) is 0 Å². The zero-order valence-electron chi connectivity index (χ0n) is 14.1. The van der Waals surface area contributed by atoms with Gasteiger partial charge in [-0.1, -0.05) is 0 Å². The van der Waals surface area contributed by atoms with Crippen LogP contribution in [0.2, 0.25) is 0 Å². The molecular formula is C18H17N5O3. The molecule has 0 spiro atoms. The lowest BCUT2D eigenvalue weighted by atomic mass is 10.1. The van der Waals surface area contributed by atoms with Crippen LogP contribution in [0.5, 0.6) is 0 Å². The minimum Gasteiger partial charge on any atom is -0.377 e. The Hall–Kier alpha value is -3.13. The van der Waals surface area contributed by atoms with E-state index >= 15 is 0 Å². The molecular weight excluding hydrogens is 334 g/mol. The molecule has 8 nitrogen and oxygen atoms in total. The van der Waals surface area contributed by atoms with Crippen LogP contribution in [0.1, 0.15) is 22.1 Å². The fourth-order valence-electron chi connectivity index (χ4n) is 3.04. The SMILES string of the molecule is Cc1ccc(=O)n(C2COCC2NC(=O)c2ccc3nccnc3c2)n1. The molecule has 1 aliphatic rings. The largest absolute Gasteiger partial charge is 0.377 e. The molecule has 1 aliphatic heterocycles. The van der Waals surface area contributed by atoms with Gasteiger partial charge in [0.1, 0.15) is 6.04 Å². The lowest BCUT2D eigenvalue weighted by Crippen LogP contribution is -2.44. The number of fused-ring (bicyclic) bond motifs is 1. The molecule has 1 fully saturated rings. The van der Waals surface area contributed by atoms with Gasteiger partial charge in [-0.15, -0.1) is 0 Å². The van der Waals surface area contributed by atoms with Gasteiger partial charge in [0.15, 0.2) is 0 Å². The molecule has 3 heterocycles. The highest BCUT2D eigenvalue weighted by Gasteiger charge is 2.32. The van der Waals surface area contributed by atoms with Crippen molar-refractivity contribution in [2.24, 2.45) is 0 Å². The summed E-state index contributed by atoms with van der Waals surface area (Å²) in [6.45, 7) is 2.46. The van der Waals surface area contributed by atoms with Gasteiger partial charge in [-0.3, -0.25) is 19.6 Å². The van der Waals surface area contributed by atoms with Gasteiger partial charge in [0, 0.05) is 24.0 Å². The van der Waals surface area contributed by atoms with Crippen molar-refractivity contribution in [3.05, 3.63) is 64.3 Å². The van der Waals surface area contributed by atoms with E-state index in [1.165, 1.54) is 10.7 Å². The Bertz CT molecular complexity index is 1030. The number of nitrogens with one attached hydrogen (secondary N) is 1. The third-order valence-electron chi connectivity index (χ3n) is 4.37. The van der Waals surface area contributed by atoms with E-state index in [-0.39, 0.29) is 23.6 Å². The quantitative estimate of drug-likeness (QED) is 0.752. The molecule has 0 aliphatic carbocycles. The second kappa shape index (κ2) is 6.64. The van der Waals surface area contributed by atoms with Gasteiger partial charge in [-0.05, 0) is 31.2 Å². The summed E-state index contributed by atoms with van der Waals surface area (Å²) in [5, 5.41) is 7.22. The van der Waals surface area contributed by atoms with Crippen LogP contribution in [0, 0.1) is 6.92 Å². The normalized spacial score (nSPS) is 19.6. The van der Waals surface area contributed by atoms with Gasteiger partial charge in [0.05, 0.1) is 36.0 Å². The van der Waals surface area contributed by atoms with Crippen LogP contribution in [0.4, 0.5) is 0 Å². The highest BCUT2D eigenvalue weighted by Crippen LogP contribution is 2.18. The van der Waals surface area contributed by atoms with Crippen molar-refractivity contribution in [2.75, 3.05) is 13.2 Å². The Kier molecular flexibility index (Phi) is 4.18. The molecule has 1 aromatic carbocycles. The van der Waals surface area contributed by atoms with Crippen molar-refractivity contribution >= 4 is 16.9 Å².